The number of aromatic nitrogens is 4. The fourth-order valence-electron chi connectivity index (χ4n) is 2.04. The lowest BCUT2D eigenvalue weighted by atomic mass is 10.2. The molecule has 0 bridgehead atoms. The molecule has 0 aliphatic rings. The first kappa shape index (κ1) is 17.5. The van der Waals surface area contributed by atoms with Gasteiger partial charge in [0.05, 0.1) is 0 Å². The van der Waals surface area contributed by atoms with Crippen LogP contribution in [0.4, 0.5) is 5.82 Å². The Morgan fingerprint density at radius 2 is 1.96 bits per heavy atom. The summed E-state index contributed by atoms with van der Waals surface area (Å²) >= 11 is 0. The Balaban J connectivity index is 1.84. The molecule has 0 fully saturated rings. The van der Waals surface area contributed by atoms with Crippen LogP contribution in [0.1, 0.15) is 15.9 Å². The van der Waals surface area contributed by atoms with Crippen LogP contribution in [0.15, 0.2) is 55.0 Å². The Bertz CT molecular complexity index is 1010. The lowest BCUT2D eigenvalue weighted by Gasteiger charge is -2.11. The van der Waals surface area contributed by atoms with E-state index in [1.807, 2.05) is 6.07 Å². The molecule has 2 aromatic heterocycles. The van der Waals surface area contributed by atoms with E-state index in [0.717, 1.165) is 11.8 Å². The van der Waals surface area contributed by atoms with Crippen molar-refractivity contribution in [3.63, 3.8) is 0 Å². The van der Waals surface area contributed by atoms with Crippen molar-refractivity contribution in [2.75, 3.05) is 4.72 Å². The molecule has 11 heteroatoms. The number of carboxylic acids is 1. The van der Waals surface area contributed by atoms with Gasteiger partial charge in [0.25, 0.3) is 5.95 Å². The van der Waals surface area contributed by atoms with Gasteiger partial charge in [0.1, 0.15) is 5.56 Å². The molecule has 3 aromatic rings. The van der Waals surface area contributed by atoms with Crippen molar-refractivity contribution in [2.24, 2.45) is 0 Å². The minimum atomic E-state index is -4.06. The first-order chi connectivity index (χ1) is 12.4. The zero-order valence-corrected chi connectivity index (χ0v) is 14.1. The second kappa shape index (κ2) is 7.29. The number of nitrogens with zero attached hydrogens (tertiary/aromatic N) is 4. The Morgan fingerprint density at radius 1 is 1.19 bits per heavy atom. The summed E-state index contributed by atoms with van der Waals surface area (Å²) < 4.78 is 30.2. The summed E-state index contributed by atoms with van der Waals surface area (Å²) in [7, 11) is -4.06. The molecular weight excluding hydrogens is 360 g/mol. The Labute approximate surface area is 148 Å². The van der Waals surface area contributed by atoms with Crippen LogP contribution in [0.2, 0.25) is 0 Å². The number of aromatic carboxylic acids is 1. The van der Waals surface area contributed by atoms with Crippen molar-refractivity contribution in [1.82, 2.24) is 24.5 Å². The van der Waals surface area contributed by atoms with Crippen LogP contribution in [0.3, 0.4) is 0 Å². The maximum atomic E-state index is 12.2. The molecule has 0 unspecified atom stereocenters. The fourth-order valence-corrected chi connectivity index (χ4v) is 2.88. The van der Waals surface area contributed by atoms with Crippen LogP contribution in [0, 0.1) is 0 Å². The van der Waals surface area contributed by atoms with Gasteiger partial charge in [-0.1, -0.05) is 30.3 Å². The maximum absolute atomic E-state index is 12.2. The molecule has 0 aliphatic carbocycles. The molecule has 0 amide bonds. The summed E-state index contributed by atoms with van der Waals surface area (Å²) in [6, 6.07) is 10.5. The molecule has 2 heterocycles. The predicted molar refractivity (Wildman–Crippen MR) is 91.9 cm³/mol. The van der Waals surface area contributed by atoms with Gasteiger partial charge in [0, 0.05) is 25.1 Å². The Morgan fingerprint density at radius 3 is 2.62 bits per heavy atom. The van der Waals surface area contributed by atoms with Crippen molar-refractivity contribution in [3.05, 3.63) is 66.1 Å². The van der Waals surface area contributed by atoms with Crippen LogP contribution < -0.4 is 9.44 Å². The van der Waals surface area contributed by atoms with Gasteiger partial charge in [-0.15, -0.1) is 0 Å². The van der Waals surface area contributed by atoms with Crippen LogP contribution >= 0.6 is 0 Å². The number of carbonyl (C=O) groups is 1. The van der Waals surface area contributed by atoms with E-state index in [-0.39, 0.29) is 23.9 Å². The second-order valence-corrected chi connectivity index (χ2v) is 6.60. The standard InChI is InChI=1S/C15H14N6O4S/c22-14(23)12-10-16-15(21-8-4-7-17-21)19-13(12)20-26(24,25)18-9-11-5-2-1-3-6-11/h1-8,10,18H,9H2,(H,22,23)(H,16,19,20). The van der Waals surface area contributed by atoms with Crippen LogP contribution in [-0.4, -0.2) is 39.2 Å². The number of nitrogens with one attached hydrogen (secondary N) is 2. The molecular formula is C15H14N6O4S. The zero-order chi connectivity index (χ0) is 18.6. The molecule has 0 saturated heterocycles. The lowest BCUT2D eigenvalue weighted by molar-refractivity contribution is 0.0697. The number of anilines is 1. The van der Waals surface area contributed by atoms with Gasteiger partial charge in [0.15, 0.2) is 5.82 Å². The van der Waals surface area contributed by atoms with E-state index in [9.17, 15) is 18.3 Å². The fraction of sp³-hybridized carbons (Fsp3) is 0.0667. The number of hydrogen-bond acceptors (Lipinski definition) is 6. The molecule has 1 aromatic carbocycles. The highest BCUT2D eigenvalue weighted by Crippen LogP contribution is 2.15. The largest absolute Gasteiger partial charge is 0.477 e. The predicted octanol–water partition coefficient (Wildman–Crippen LogP) is 0.807. The van der Waals surface area contributed by atoms with Crippen LogP contribution in [0.25, 0.3) is 5.95 Å². The number of carboxylic acid groups (broad SMARTS) is 1. The normalized spacial score (nSPS) is 11.2. The smallest absolute Gasteiger partial charge is 0.341 e. The average molecular weight is 374 g/mol. The highest BCUT2D eigenvalue weighted by Gasteiger charge is 2.19. The molecule has 26 heavy (non-hydrogen) atoms. The van der Waals surface area contributed by atoms with Crippen LogP contribution in [-0.2, 0) is 16.8 Å². The van der Waals surface area contributed by atoms with Gasteiger partial charge in [-0.2, -0.15) is 23.2 Å². The van der Waals surface area contributed by atoms with Crippen molar-refractivity contribution in [3.8, 4) is 5.95 Å². The zero-order valence-electron chi connectivity index (χ0n) is 13.3. The topological polar surface area (TPSA) is 139 Å². The van der Waals surface area contributed by atoms with Crippen molar-refractivity contribution in [2.45, 2.75) is 6.54 Å². The molecule has 3 N–H and O–H groups in total. The second-order valence-electron chi connectivity index (χ2n) is 5.10. The first-order valence-corrected chi connectivity index (χ1v) is 8.84. The van der Waals surface area contributed by atoms with Gasteiger partial charge in [-0.3, -0.25) is 4.72 Å². The molecule has 10 nitrogen and oxygen atoms in total. The first-order valence-electron chi connectivity index (χ1n) is 7.36. The molecule has 0 saturated carbocycles. The molecule has 0 spiro atoms. The number of rotatable bonds is 7. The molecule has 3 rings (SSSR count). The summed E-state index contributed by atoms with van der Waals surface area (Å²) in [4.78, 5) is 19.2. The van der Waals surface area contributed by atoms with E-state index in [4.69, 9.17) is 0 Å². The van der Waals surface area contributed by atoms with Crippen molar-refractivity contribution < 1.29 is 18.3 Å². The molecule has 0 radical (unpaired) electrons. The minimum absolute atomic E-state index is 0.0285. The quantitative estimate of drug-likeness (QED) is 0.556. The summed E-state index contributed by atoms with van der Waals surface area (Å²) in [5, 5.41) is 13.2. The molecule has 0 atom stereocenters. The third-order valence-electron chi connectivity index (χ3n) is 3.26. The van der Waals surface area contributed by atoms with Gasteiger partial charge < -0.3 is 5.11 Å². The van der Waals surface area contributed by atoms with Crippen molar-refractivity contribution in [1.29, 1.82) is 0 Å². The van der Waals surface area contributed by atoms with E-state index < -0.39 is 16.2 Å². The number of benzene rings is 1. The lowest BCUT2D eigenvalue weighted by Crippen LogP contribution is -2.31. The molecule has 0 aliphatic heterocycles. The summed E-state index contributed by atoms with van der Waals surface area (Å²) in [6.45, 7) is 0.0374. The van der Waals surface area contributed by atoms with E-state index in [1.165, 1.54) is 10.9 Å². The van der Waals surface area contributed by atoms with E-state index in [2.05, 4.69) is 24.5 Å². The highest BCUT2D eigenvalue weighted by molar-refractivity contribution is 7.90. The summed E-state index contributed by atoms with van der Waals surface area (Å²) in [6.07, 6.45) is 4.04. The number of hydrogen-bond donors (Lipinski definition) is 3. The van der Waals surface area contributed by atoms with Crippen molar-refractivity contribution >= 4 is 22.0 Å². The SMILES string of the molecule is O=C(O)c1cnc(-n2cccn2)nc1NS(=O)(=O)NCc1ccccc1. The summed E-state index contributed by atoms with van der Waals surface area (Å²) in [5.74, 6) is -1.70. The average Bonchev–Trinajstić information content (AvgIpc) is 3.15. The Hall–Kier alpha value is -3.31. The van der Waals surface area contributed by atoms with Gasteiger partial charge in [-0.25, -0.2) is 14.5 Å². The highest BCUT2D eigenvalue weighted by atomic mass is 32.2. The van der Waals surface area contributed by atoms with E-state index in [1.54, 1.807) is 36.5 Å². The summed E-state index contributed by atoms with van der Waals surface area (Å²) in [5.41, 5.74) is 0.363. The van der Waals surface area contributed by atoms with Gasteiger partial charge >= 0.3 is 16.2 Å². The monoisotopic (exact) mass is 374 g/mol. The van der Waals surface area contributed by atoms with E-state index in [0.29, 0.717) is 0 Å². The van der Waals surface area contributed by atoms with Gasteiger partial charge in [0.2, 0.25) is 0 Å². The maximum Gasteiger partial charge on any atom is 0.341 e. The van der Waals surface area contributed by atoms with E-state index >= 15 is 0 Å². The Kier molecular flexibility index (Phi) is 4.91. The molecule has 134 valence electrons. The van der Waals surface area contributed by atoms with Gasteiger partial charge in [-0.05, 0) is 11.6 Å². The third-order valence-corrected chi connectivity index (χ3v) is 4.24. The minimum Gasteiger partial charge on any atom is -0.477 e. The van der Waals surface area contributed by atoms with Crippen LogP contribution in [0.5, 0.6) is 0 Å². The third kappa shape index (κ3) is 4.20.